The minimum atomic E-state index is -0.346. The van der Waals surface area contributed by atoms with Gasteiger partial charge in [0.2, 0.25) is 0 Å². The van der Waals surface area contributed by atoms with Gasteiger partial charge in [-0.1, -0.05) is 32.5 Å². The number of esters is 1. The van der Waals surface area contributed by atoms with E-state index in [4.69, 9.17) is 4.74 Å². The highest BCUT2D eigenvalue weighted by Crippen LogP contribution is 2.36. The number of fused-ring (bicyclic) bond motifs is 3. The van der Waals surface area contributed by atoms with Crippen LogP contribution in [-0.2, 0) is 22.4 Å². The number of rotatable bonds is 6. The third kappa shape index (κ3) is 3.92. The van der Waals surface area contributed by atoms with Gasteiger partial charge in [-0.2, -0.15) is 0 Å². The maximum atomic E-state index is 12.6. The molecule has 25 heavy (non-hydrogen) atoms. The van der Waals surface area contributed by atoms with Crippen LogP contribution < -0.4 is 5.56 Å². The van der Waals surface area contributed by atoms with Gasteiger partial charge in [0.25, 0.3) is 5.56 Å². The topological polar surface area (TPSA) is 72.0 Å². The molecule has 2 atom stereocenters. The first-order valence-electron chi connectivity index (χ1n) is 8.91. The van der Waals surface area contributed by atoms with Crippen molar-refractivity contribution in [1.29, 1.82) is 0 Å². The summed E-state index contributed by atoms with van der Waals surface area (Å²) in [6.07, 6.45) is 4.53. The van der Waals surface area contributed by atoms with E-state index < -0.39 is 0 Å². The summed E-state index contributed by atoms with van der Waals surface area (Å²) in [5.74, 6) is 0.419. The molecule has 0 fully saturated rings. The Bertz CT molecular complexity index is 828. The van der Waals surface area contributed by atoms with E-state index in [1.54, 1.807) is 11.3 Å². The van der Waals surface area contributed by atoms with Gasteiger partial charge in [-0.05, 0) is 43.6 Å². The number of aromatic amines is 1. The van der Waals surface area contributed by atoms with E-state index in [2.05, 4.69) is 16.9 Å². The number of carbonyl (C=O) groups excluding carboxylic acids is 1. The molecular formula is C18H24N2O3S2. The molecule has 0 amide bonds. The summed E-state index contributed by atoms with van der Waals surface area (Å²) in [6.45, 7) is 6.58. The van der Waals surface area contributed by atoms with Crippen LogP contribution in [-0.4, -0.2) is 27.8 Å². The normalized spacial score (nSPS) is 18.1. The fraction of sp³-hybridized carbons (Fsp3) is 0.611. The number of nitrogens with zero attached hydrogens (tertiary/aromatic N) is 1. The Kier molecular flexibility index (Phi) is 5.84. The Morgan fingerprint density at radius 1 is 1.48 bits per heavy atom. The van der Waals surface area contributed by atoms with Crippen molar-refractivity contribution in [3.05, 3.63) is 20.8 Å². The number of ether oxygens (including phenoxy) is 1. The zero-order valence-electron chi connectivity index (χ0n) is 14.9. The van der Waals surface area contributed by atoms with Crippen molar-refractivity contribution in [3.8, 4) is 0 Å². The van der Waals surface area contributed by atoms with Crippen molar-refractivity contribution in [2.75, 3.05) is 6.61 Å². The third-order valence-electron chi connectivity index (χ3n) is 4.48. The zero-order chi connectivity index (χ0) is 18.0. The van der Waals surface area contributed by atoms with Crippen LogP contribution >= 0.6 is 23.1 Å². The molecule has 0 aliphatic heterocycles. The lowest BCUT2D eigenvalue weighted by molar-refractivity contribution is -0.143. The van der Waals surface area contributed by atoms with Gasteiger partial charge < -0.3 is 9.72 Å². The molecule has 136 valence electrons. The van der Waals surface area contributed by atoms with E-state index in [1.807, 2.05) is 13.8 Å². The molecule has 1 N–H and O–H groups in total. The highest BCUT2D eigenvalue weighted by atomic mass is 32.2. The lowest BCUT2D eigenvalue weighted by atomic mass is 9.89. The molecule has 5 nitrogen and oxygen atoms in total. The number of carbonyl (C=O) groups is 1. The van der Waals surface area contributed by atoms with Crippen LogP contribution in [0.4, 0.5) is 0 Å². The van der Waals surface area contributed by atoms with Gasteiger partial charge in [0, 0.05) is 4.88 Å². The van der Waals surface area contributed by atoms with Crippen molar-refractivity contribution in [1.82, 2.24) is 9.97 Å². The molecule has 0 aromatic carbocycles. The average molecular weight is 381 g/mol. The molecule has 2 aromatic heterocycles. The number of aryl methyl sites for hydroxylation is 1. The predicted octanol–water partition coefficient (Wildman–Crippen LogP) is 3.93. The molecule has 2 heterocycles. The molecule has 0 spiro atoms. The second-order valence-corrected chi connectivity index (χ2v) is 8.86. The Morgan fingerprint density at radius 2 is 2.28 bits per heavy atom. The van der Waals surface area contributed by atoms with Crippen LogP contribution in [0.25, 0.3) is 10.2 Å². The SMILES string of the molecule is CCCOC(=O)[C@@H](CC)Sc1nc2sc3c(c2c(=O)[nH]1)CC[C@H](C)C3. The summed E-state index contributed by atoms with van der Waals surface area (Å²) < 4.78 is 5.24. The largest absolute Gasteiger partial charge is 0.465 e. The molecule has 0 bridgehead atoms. The molecule has 7 heteroatoms. The first-order chi connectivity index (χ1) is 12.0. The lowest BCUT2D eigenvalue weighted by Gasteiger charge is -2.17. The van der Waals surface area contributed by atoms with E-state index in [0.717, 1.165) is 35.9 Å². The molecule has 0 saturated carbocycles. The first-order valence-corrected chi connectivity index (χ1v) is 10.6. The number of hydrogen-bond acceptors (Lipinski definition) is 6. The van der Waals surface area contributed by atoms with Crippen molar-refractivity contribution in [2.24, 2.45) is 5.92 Å². The zero-order valence-corrected chi connectivity index (χ0v) is 16.5. The Hall–Kier alpha value is -1.34. The van der Waals surface area contributed by atoms with Gasteiger partial charge in [0.15, 0.2) is 5.16 Å². The summed E-state index contributed by atoms with van der Waals surface area (Å²) in [5, 5.41) is 0.907. The summed E-state index contributed by atoms with van der Waals surface area (Å²) in [5.41, 5.74) is 1.09. The van der Waals surface area contributed by atoms with Gasteiger partial charge in [-0.3, -0.25) is 9.59 Å². The number of H-pyrrole nitrogens is 1. The van der Waals surface area contributed by atoms with Crippen molar-refractivity contribution in [3.63, 3.8) is 0 Å². The maximum absolute atomic E-state index is 12.6. The van der Waals surface area contributed by atoms with Crippen molar-refractivity contribution < 1.29 is 9.53 Å². The van der Waals surface area contributed by atoms with E-state index in [0.29, 0.717) is 24.1 Å². The van der Waals surface area contributed by atoms with E-state index in [9.17, 15) is 9.59 Å². The van der Waals surface area contributed by atoms with Crippen LogP contribution in [0.1, 0.15) is 50.5 Å². The van der Waals surface area contributed by atoms with Gasteiger partial charge >= 0.3 is 5.97 Å². The van der Waals surface area contributed by atoms with Gasteiger partial charge in [0.05, 0.1) is 12.0 Å². The number of aromatic nitrogens is 2. The standard InChI is InChI=1S/C18H24N2O3S2/c1-4-8-23-17(22)12(5-2)25-18-19-15(21)14-11-7-6-10(3)9-13(11)24-16(14)20-18/h10,12H,4-9H2,1-3H3,(H,19,20,21)/t10-,12+/m0/s1. The minimum absolute atomic E-state index is 0.0867. The second-order valence-electron chi connectivity index (χ2n) is 6.59. The van der Waals surface area contributed by atoms with Crippen LogP contribution in [0.5, 0.6) is 0 Å². The average Bonchev–Trinajstić information content (AvgIpc) is 2.95. The molecule has 2 aromatic rings. The quantitative estimate of drug-likeness (QED) is 0.467. The van der Waals surface area contributed by atoms with Crippen LogP contribution in [0.2, 0.25) is 0 Å². The minimum Gasteiger partial charge on any atom is -0.465 e. The fourth-order valence-corrected chi connectivity index (χ4v) is 5.45. The molecule has 3 rings (SSSR count). The van der Waals surface area contributed by atoms with E-state index in [1.165, 1.54) is 22.2 Å². The third-order valence-corrected chi connectivity index (χ3v) is 6.85. The lowest BCUT2D eigenvalue weighted by Crippen LogP contribution is -2.21. The van der Waals surface area contributed by atoms with Gasteiger partial charge in [-0.25, -0.2) is 4.98 Å². The highest BCUT2D eigenvalue weighted by Gasteiger charge is 2.25. The summed E-state index contributed by atoms with van der Waals surface area (Å²) in [6, 6.07) is 0. The van der Waals surface area contributed by atoms with Crippen molar-refractivity contribution in [2.45, 2.75) is 63.3 Å². The molecule has 0 unspecified atom stereocenters. The molecule has 0 saturated heterocycles. The Morgan fingerprint density at radius 3 is 3.00 bits per heavy atom. The molecule has 1 aliphatic carbocycles. The Labute approximate surface area is 155 Å². The van der Waals surface area contributed by atoms with Crippen LogP contribution in [0.3, 0.4) is 0 Å². The molecule has 1 aliphatic rings. The second kappa shape index (κ2) is 7.91. The van der Waals surface area contributed by atoms with Gasteiger partial charge in [0.1, 0.15) is 10.1 Å². The maximum Gasteiger partial charge on any atom is 0.319 e. The van der Waals surface area contributed by atoms with Crippen LogP contribution in [0.15, 0.2) is 9.95 Å². The van der Waals surface area contributed by atoms with E-state index in [-0.39, 0.29) is 16.8 Å². The summed E-state index contributed by atoms with van der Waals surface area (Å²) >= 11 is 2.92. The summed E-state index contributed by atoms with van der Waals surface area (Å²) in [7, 11) is 0. The fourth-order valence-electron chi connectivity index (χ4n) is 3.11. The highest BCUT2D eigenvalue weighted by molar-refractivity contribution is 8.00. The number of thioether (sulfide) groups is 1. The van der Waals surface area contributed by atoms with E-state index >= 15 is 0 Å². The smallest absolute Gasteiger partial charge is 0.319 e. The monoisotopic (exact) mass is 380 g/mol. The Balaban J connectivity index is 1.88. The van der Waals surface area contributed by atoms with Gasteiger partial charge in [-0.15, -0.1) is 11.3 Å². The molecular weight excluding hydrogens is 356 g/mol. The molecule has 0 radical (unpaired) electrons. The van der Waals surface area contributed by atoms with Crippen molar-refractivity contribution >= 4 is 39.3 Å². The number of nitrogens with one attached hydrogen (secondary N) is 1. The number of hydrogen-bond donors (Lipinski definition) is 1. The first kappa shape index (κ1) is 18.5. The predicted molar refractivity (Wildman–Crippen MR) is 103 cm³/mol. The van der Waals surface area contributed by atoms with Crippen LogP contribution in [0, 0.1) is 5.92 Å². The summed E-state index contributed by atoms with van der Waals surface area (Å²) in [4.78, 5) is 34.3. The number of thiophene rings is 1.